The van der Waals surface area contributed by atoms with Crippen LogP contribution < -0.4 is 9.64 Å². The molecule has 7 heteroatoms. The van der Waals surface area contributed by atoms with Crippen molar-refractivity contribution in [3.63, 3.8) is 0 Å². The quantitative estimate of drug-likeness (QED) is 0.320. The van der Waals surface area contributed by atoms with E-state index in [0.29, 0.717) is 37.6 Å². The van der Waals surface area contributed by atoms with Gasteiger partial charge in [0.05, 0.1) is 24.8 Å². The number of benzene rings is 3. The molecule has 5 rings (SSSR count). The van der Waals surface area contributed by atoms with Crippen LogP contribution in [0, 0.1) is 12.8 Å². The van der Waals surface area contributed by atoms with Crippen LogP contribution in [0.5, 0.6) is 5.75 Å². The summed E-state index contributed by atoms with van der Waals surface area (Å²) in [6, 6.07) is 22.7. The Balaban J connectivity index is 1.33. The van der Waals surface area contributed by atoms with Gasteiger partial charge in [-0.3, -0.25) is 19.3 Å². The summed E-state index contributed by atoms with van der Waals surface area (Å²) in [6.45, 7) is 5.55. The second kappa shape index (κ2) is 11.6. The number of carbonyl (C=O) groups excluding carboxylic acids is 3. The molecule has 1 fully saturated rings. The van der Waals surface area contributed by atoms with Crippen LogP contribution in [0.1, 0.15) is 46.8 Å². The molecule has 1 saturated heterocycles. The van der Waals surface area contributed by atoms with Gasteiger partial charge in [-0.15, -0.1) is 0 Å². The van der Waals surface area contributed by atoms with Gasteiger partial charge in [0.15, 0.2) is 11.5 Å². The molecular weight excluding hydrogens is 492 g/mol. The van der Waals surface area contributed by atoms with Crippen LogP contribution in [-0.4, -0.2) is 42.4 Å². The lowest BCUT2D eigenvalue weighted by Gasteiger charge is -2.31. The lowest BCUT2D eigenvalue weighted by molar-refractivity contribution is -0.149. The van der Waals surface area contributed by atoms with Crippen molar-refractivity contribution < 1.29 is 23.9 Å². The number of rotatable bonds is 6. The Morgan fingerprint density at radius 2 is 1.77 bits per heavy atom. The molecular formula is C32H32N2O5. The first kappa shape index (κ1) is 26.2. The molecule has 0 radical (unpaired) electrons. The van der Waals surface area contributed by atoms with Gasteiger partial charge >= 0.3 is 5.97 Å². The number of esters is 1. The molecule has 0 spiro atoms. The van der Waals surface area contributed by atoms with E-state index in [4.69, 9.17) is 9.47 Å². The maximum atomic E-state index is 13.5. The number of piperidine rings is 1. The molecule has 0 saturated carbocycles. The highest BCUT2D eigenvalue weighted by atomic mass is 16.5. The van der Waals surface area contributed by atoms with Crippen molar-refractivity contribution in [2.75, 3.05) is 24.6 Å². The summed E-state index contributed by atoms with van der Waals surface area (Å²) in [4.78, 5) is 42.2. The number of para-hydroxylation sites is 2. The smallest absolute Gasteiger partial charge is 0.310 e. The van der Waals surface area contributed by atoms with E-state index < -0.39 is 0 Å². The second-order valence-electron chi connectivity index (χ2n) is 9.92. The highest BCUT2D eigenvalue weighted by Gasteiger charge is 2.31. The summed E-state index contributed by atoms with van der Waals surface area (Å²) in [5.74, 6) is -0.0465. The Kier molecular flexibility index (Phi) is 7.77. The Labute approximate surface area is 228 Å². The Morgan fingerprint density at radius 3 is 2.51 bits per heavy atom. The second-order valence-corrected chi connectivity index (χ2v) is 9.92. The van der Waals surface area contributed by atoms with E-state index >= 15 is 0 Å². The minimum atomic E-state index is -0.285. The number of hydrogen-bond acceptors (Lipinski definition) is 5. The van der Waals surface area contributed by atoms with Crippen LogP contribution in [0.3, 0.4) is 0 Å². The topological polar surface area (TPSA) is 76.2 Å². The third-order valence-electron chi connectivity index (χ3n) is 7.08. The third-order valence-corrected chi connectivity index (χ3v) is 7.08. The van der Waals surface area contributed by atoms with Gasteiger partial charge in [0.1, 0.15) is 0 Å². The van der Waals surface area contributed by atoms with Gasteiger partial charge in [-0.2, -0.15) is 0 Å². The number of aryl methyl sites for hydroxylation is 1. The number of carbonyl (C=O) groups is 3. The van der Waals surface area contributed by atoms with Crippen molar-refractivity contribution in [3.8, 4) is 5.75 Å². The number of hydrogen-bond donors (Lipinski definition) is 0. The number of likely N-dealkylation sites (tertiary alicyclic amines) is 1. The predicted octanol–water partition coefficient (Wildman–Crippen LogP) is 5.38. The van der Waals surface area contributed by atoms with Crippen molar-refractivity contribution in [2.24, 2.45) is 5.92 Å². The van der Waals surface area contributed by atoms with Gasteiger partial charge in [0.25, 0.3) is 11.8 Å². The molecule has 39 heavy (non-hydrogen) atoms. The Morgan fingerprint density at radius 1 is 1.03 bits per heavy atom. The fraction of sp³-hybridized carbons (Fsp3) is 0.281. The Hall–Kier alpha value is -4.39. The van der Waals surface area contributed by atoms with Crippen molar-refractivity contribution in [1.29, 1.82) is 0 Å². The van der Waals surface area contributed by atoms with Crippen molar-refractivity contribution in [1.82, 2.24) is 4.90 Å². The molecule has 2 aliphatic heterocycles. The number of nitrogens with zero attached hydrogens (tertiary/aromatic N) is 2. The van der Waals surface area contributed by atoms with Gasteiger partial charge in [0.2, 0.25) is 0 Å². The maximum Gasteiger partial charge on any atom is 0.310 e. The molecule has 3 aromatic carbocycles. The van der Waals surface area contributed by atoms with Gasteiger partial charge in [-0.1, -0.05) is 54.1 Å². The normalized spacial score (nSPS) is 17.9. The van der Waals surface area contributed by atoms with E-state index in [1.165, 1.54) is 0 Å². The maximum absolute atomic E-state index is 13.5. The van der Waals surface area contributed by atoms with E-state index in [2.05, 4.69) is 0 Å². The van der Waals surface area contributed by atoms with E-state index in [1.54, 1.807) is 47.1 Å². The molecule has 7 nitrogen and oxygen atoms in total. The van der Waals surface area contributed by atoms with Gasteiger partial charge in [-0.25, -0.2) is 0 Å². The van der Waals surface area contributed by atoms with E-state index in [-0.39, 0.29) is 29.5 Å². The molecule has 0 aliphatic carbocycles. The summed E-state index contributed by atoms with van der Waals surface area (Å²) in [7, 11) is 0. The SMILES string of the molecule is CCOC(=O)C1CCCN(C(=O)c2ccc(C=C3Oc4ccccc4N(Cc4ccc(C)cc4)C3=O)cc2)C1. The zero-order chi connectivity index (χ0) is 27.4. The van der Waals surface area contributed by atoms with E-state index in [0.717, 1.165) is 35.2 Å². The first-order valence-electron chi connectivity index (χ1n) is 13.3. The fourth-order valence-corrected chi connectivity index (χ4v) is 4.97. The van der Waals surface area contributed by atoms with Crippen LogP contribution in [0.4, 0.5) is 5.69 Å². The van der Waals surface area contributed by atoms with Gasteiger partial charge in [0, 0.05) is 18.7 Å². The zero-order valence-electron chi connectivity index (χ0n) is 22.3. The highest BCUT2D eigenvalue weighted by molar-refractivity contribution is 6.09. The summed E-state index contributed by atoms with van der Waals surface area (Å²) in [5.41, 5.74) is 4.19. The molecule has 2 heterocycles. The number of fused-ring (bicyclic) bond motifs is 1. The predicted molar refractivity (Wildman–Crippen MR) is 149 cm³/mol. The summed E-state index contributed by atoms with van der Waals surface area (Å²) < 4.78 is 11.2. The van der Waals surface area contributed by atoms with Crippen molar-refractivity contribution in [3.05, 3.63) is 101 Å². The fourth-order valence-electron chi connectivity index (χ4n) is 4.97. The van der Waals surface area contributed by atoms with Crippen molar-refractivity contribution >= 4 is 29.5 Å². The van der Waals surface area contributed by atoms with Gasteiger partial charge in [-0.05, 0) is 68.2 Å². The molecule has 1 atom stereocenters. The molecule has 2 amide bonds. The zero-order valence-corrected chi connectivity index (χ0v) is 22.3. The third kappa shape index (κ3) is 5.87. The van der Waals surface area contributed by atoms with Crippen LogP contribution in [0.2, 0.25) is 0 Å². The number of anilines is 1. The average Bonchev–Trinajstić information content (AvgIpc) is 2.96. The summed E-state index contributed by atoms with van der Waals surface area (Å²) >= 11 is 0. The van der Waals surface area contributed by atoms with Crippen LogP contribution in [0.25, 0.3) is 6.08 Å². The Bertz CT molecular complexity index is 1390. The van der Waals surface area contributed by atoms with Crippen molar-refractivity contribution in [2.45, 2.75) is 33.2 Å². The summed E-state index contributed by atoms with van der Waals surface area (Å²) in [5, 5.41) is 0. The molecule has 0 N–H and O–H groups in total. The van der Waals surface area contributed by atoms with Gasteiger partial charge < -0.3 is 14.4 Å². The standard InChI is InChI=1S/C32H32N2O5/c1-3-38-32(37)26-7-6-18-33(21-26)30(35)25-16-14-23(15-17-25)19-29-31(36)34(20-24-12-10-22(2)11-13-24)27-8-4-5-9-28(27)39-29/h4-5,8-17,19,26H,3,6-7,18,20-21H2,1-2H3. The molecule has 0 aromatic heterocycles. The van der Waals surface area contributed by atoms with Crippen LogP contribution in [0.15, 0.2) is 78.6 Å². The monoisotopic (exact) mass is 524 g/mol. The minimum Gasteiger partial charge on any atom is -0.466 e. The number of ether oxygens (including phenoxy) is 2. The van der Waals surface area contributed by atoms with Crippen LogP contribution in [-0.2, 0) is 20.9 Å². The number of amides is 2. The first-order valence-corrected chi connectivity index (χ1v) is 13.3. The molecule has 2 aliphatic rings. The molecule has 1 unspecified atom stereocenters. The van der Waals surface area contributed by atoms with E-state index in [9.17, 15) is 14.4 Å². The minimum absolute atomic E-state index is 0.119. The van der Waals surface area contributed by atoms with E-state index in [1.807, 2.05) is 55.5 Å². The lowest BCUT2D eigenvalue weighted by atomic mass is 9.97. The summed E-state index contributed by atoms with van der Waals surface area (Å²) in [6.07, 6.45) is 3.19. The molecule has 200 valence electrons. The molecule has 0 bridgehead atoms. The lowest BCUT2D eigenvalue weighted by Crippen LogP contribution is -2.42. The molecule has 3 aromatic rings. The van der Waals surface area contributed by atoms with Crippen LogP contribution >= 0.6 is 0 Å². The largest absolute Gasteiger partial charge is 0.466 e. The first-order chi connectivity index (χ1) is 18.9. The highest BCUT2D eigenvalue weighted by Crippen LogP contribution is 2.36. The average molecular weight is 525 g/mol.